The maximum absolute atomic E-state index is 12.0. The van der Waals surface area contributed by atoms with Crippen LogP contribution < -0.4 is 5.56 Å². The van der Waals surface area contributed by atoms with Crippen LogP contribution in [0.25, 0.3) is 10.9 Å². The highest BCUT2D eigenvalue weighted by Crippen LogP contribution is 2.13. The maximum Gasteiger partial charge on any atom is 0.261 e. The third-order valence-corrected chi connectivity index (χ3v) is 2.60. The molecule has 0 saturated heterocycles. The first-order valence-corrected chi connectivity index (χ1v) is 5.36. The molecule has 0 aliphatic heterocycles. The monoisotopic (exact) mass is 234 g/mol. The van der Waals surface area contributed by atoms with Crippen LogP contribution in [0.1, 0.15) is 6.42 Å². The standard InChI is InChI=1S/C12H11ClN2O/c1-2-3-6-15-8-14-11-5-4-9(13)7-10(11)12(15)16/h2,4-5,7-8H,1,3,6H2. The lowest BCUT2D eigenvalue weighted by molar-refractivity contribution is 0.674. The van der Waals surface area contributed by atoms with E-state index in [1.54, 1.807) is 35.2 Å². The normalized spacial score (nSPS) is 10.6. The number of hydrogen-bond acceptors (Lipinski definition) is 2. The molecule has 82 valence electrons. The molecule has 0 N–H and O–H groups in total. The second-order valence-electron chi connectivity index (χ2n) is 3.48. The Kier molecular flexibility index (Phi) is 3.06. The Morgan fingerprint density at radius 1 is 1.50 bits per heavy atom. The van der Waals surface area contributed by atoms with E-state index in [1.807, 2.05) is 0 Å². The van der Waals surface area contributed by atoms with E-state index in [4.69, 9.17) is 11.6 Å². The van der Waals surface area contributed by atoms with Gasteiger partial charge in [-0.05, 0) is 24.6 Å². The second-order valence-corrected chi connectivity index (χ2v) is 3.92. The summed E-state index contributed by atoms with van der Waals surface area (Å²) in [5.74, 6) is 0. The van der Waals surface area contributed by atoms with Crippen molar-refractivity contribution in [1.29, 1.82) is 0 Å². The van der Waals surface area contributed by atoms with E-state index >= 15 is 0 Å². The molecule has 0 aliphatic carbocycles. The van der Waals surface area contributed by atoms with Crippen LogP contribution in [0.5, 0.6) is 0 Å². The van der Waals surface area contributed by atoms with Crippen molar-refractivity contribution < 1.29 is 0 Å². The molecular weight excluding hydrogens is 224 g/mol. The third kappa shape index (κ3) is 1.99. The van der Waals surface area contributed by atoms with Gasteiger partial charge in [0, 0.05) is 11.6 Å². The van der Waals surface area contributed by atoms with Crippen LogP contribution in [0.15, 0.2) is 42.0 Å². The van der Waals surface area contributed by atoms with Gasteiger partial charge in [-0.15, -0.1) is 6.58 Å². The summed E-state index contributed by atoms with van der Waals surface area (Å²) in [6.45, 7) is 4.22. The van der Waals surface area contributed by atoms with Crippen LogP contribution in [0, 0.1) is 0 Å². The minimum Gasteiger partial charge on any atom is -0.298 e. The first-order chi connectivity index (χ1) is 7.72. The van der Waals surface area contributed by atoms with Crippen molar-refractivity contribution in [3.8, 4) is 0 Å². The van der Waals surface area contributed by atoms with Gasteiger partial charge in [0.25, 0.3) is 5.56 Å². The number of aromatic nitrogens is 2. The zero-order valence-electron chi connectivity index (χ0n) is 8.69. The van der Waals surface area contributed by atoms with E-state index < -0.39 is 0 Å². The van der Waals surface area contributed by atoms with Gasteiger partial charge in [-0.1, -0.05) is 17.7 Å². The Morgan fingerprint density at radius 2 is 2.31 bits per heavy atom. The molecule has 16 heavy (non-hydrogen) atoms. The third-order valence-electron chi connectivity index (χ3n) is 2.36. The summed E-state index contributed by atoms with van der Waals surface area (Å²) in [6, 6.07) is 5.12. The van der Waals surface area contributed by atoms with Gasteiger partial charge < -0.3 is 0 Å². The number of halogens is 1. The minimum atomic E-state index is -0.0608. The van der Waals surface area contributed by atoms with Crippen molar-refractivity contribution in [3.63, 3.8) is 0 Å². The van der Waals surface area contributed by atoms with Gasteiger partial charge in [-0.3, -0.25) is 9.36 Å². The number of hydrogen-bond donors (Lipinski definition) is 0. The van der Waals surface area contributed by atoms with Crippen LogP contribution in [-0.2, 0) is 6.54 Å². The first kappa shape index (κ1) is 10.9. The van der Waals surface area contributed by atoms with Crippen molar-refractivity contribution >= 4 is 22.5 Å². The average molecular weight is 235 g/mol. The van der Waals surface area contributed by atoms with Gasteiger partial charge in [0.05, 0.1) is 17.2 Å². The smallest absolute Gasteiger partial charge is 0.261 e. The Balaban J connectivity index is 2.59. The fourth-order valence-electron chi connectivity index (χ4n) is 1.52. The fraction of sp³-hybridized carbons (Fsp3) is 0.167. The summed E-state index contributed by atoms with van der Waals surface area (Å²) in [5.41, 5.74) is 0.610. The highest BCUT2D eigenvalue weighted by Gasteiger charge is 2.03. The highest BCUT2D eigenvalue weighted by atomic mass is 35.5. The van der Waals surface area contributed by atoms with Gasteiger partial charge in [-0.25, -0.2) is 4.98 Å². The molecule has 1 aromatic heterocycles. The molecule has 0 amide bonds. The molecule has 2 aromatic rings. The summed E-state index contributed by atoms with van der Waals surface area (Å²) in [4.78, 5) is 16.2. The maximum atomic E-state index is 12.0. The Hall–Kier alpha value is -1.61. The molecule has 0 fully saturated rings. The fourth-order valence-corrected chi connectivity index (χ4v) is 1.69. The molecule has 2 rings (SSSR count). The van der Waals surface area contributed by atoms with E-state index in [0.717, 1.165) is 6.42 Å². The lowest BCUT2D eigenvalue weighted by atomic mass is 10.2. The largest absolute Gasteiger partial charge is 0.298 e. The lowest BCUT2D eigenvalue weighted by Crippen LogP contribution is -2.20. The molecule has 4 heteroatoms. The number of allylic oxidation sites excluding steroid dienone is 1. The number of fused-ring (bicyclic) bond motifs is 1. The summed E-state index contributed by atoms with van der Waals surface area (Å²) in [7, 11) is 0. The predicted molar refractivity (Wildman–Crippen MR) is 65.8 cm³/mol. The first-order valence-electron chi connectivity index (χ1n) is 4.98. The van der Waals surface area contributed by atoms with E-state index in [1.165, 1.54) is 0 Å². The van der Waals surface area contributed by atoms with Gasteiger partial charge in [0.1, 0.15) is 0 Å². The number of aryl methyl sites for hydroxylation is 1. The zero-order valence-corrected chi connectivity index (χ0v) is 9.44. The molecular formula is C12H11ClN2O. The van der Waals surface area contributed by atoms with Crippen molar-refractivity contribution in [2.24, 2.45) is 0 Å². The van der Waals surface area contributed by atoms with Crippen LogP contribution in [0.4, 0.5) is 0 Å². The van der Waals surface area contributed by atoms with E-state index in [0.29, 0.717) is 22.5 Å². The van der Waals surface area contributed by atoms with Crippen molar-refractivity contribution in [2.45, 2.75) is 13.0 Å². The van der Waals surface area contributed by atoms with Crippen LogP contribution >= 0.6 is 11.6 Å². The molecule has 0 atom stereocenters. The molecule has 0 saturated carbocycles. The van der Waals surface area contributed by atoms with E-state index in [9.17, 15) is 4.79 Å². The SMILES string of the molecule is C=CCCn1cnc2ccc(Cl)cc2c1=O. The van der Waals surface area contributed by atoms with Crippen molar-refractivity contribution in [3.05, 3.63) is 52.6 Å². The average Bonchev–Trinajstić information content (AvgIpc) is 2.29. The Labute approximate surface area is 98.0 Å². The topological polar surface area (TPSA) is 34.9 Å². The van der Waals surface area contributed by atoms with Crippen LogP contribution in [-0.4, -0.2) is 9.55 Å². The molecule has 3 nitrogen and oxygen atoms in total. The van der Waals surface area contributed by atoms with Gasteiger partial charge >= 0.3 is 0 Å². The van der Waals surface area contributed by atoms with Crippen LogP contribution in [0.2, 0.25) is 5.02 Å². The molecule has 1 aromatic carbocycles. The van der Waals surface area contributed by atoms with Crippen molar-refractivity contribution in [1.82, 2.24) is 9.55 Å². The Bertz CT molecular complexity index is 589. The second kappa shape index (κ2) is 4.49. The molecule has 0 unspecified atom stereocenters. The molecule has 0 aliphatic rings. The summed E-state index contributed by atoms with van der Waals surface area (Å²) < 4.78 is 1.57. The minimum absolute atomic E-state index is 0.0608. The van der Waals surface area contributed by atoms with Crippen molar-refractivity contribution in [2.75, 3.05) is 0 Å². The molecule has 0 radical (unpaired) electrons. The molecule has 1 heterocycles. The summed E-state index contributed by atoms with van der Waals surface area (Å²) in [5, 5.41) is 1.10. The van der Waals surface area contributed by atoms with Gasteiger partial charge in [-0.2, -0.15) is 0 Å². The van der Waals surface area contributed by atoms with Crippen LogP contribution in [0.3, 0.4) is 0 Å². The lowest BCUT2D eigenvalue weighted by Gasteiger charge is -2.04. The quantitative estimate of drug-likeness (QED) is 0.766. The number of nitrogens with zero attached hydrogens (tertiary/aromatic N) is 2. The van der Waals surface area contributed by atoms with Gasteiger partial charge in [0.2, 0.25) is 0 Å². The number of benzene rings is 1. The molecule has 0 spiro atoms. The van der Waals surface area contributed by atoms with E-state index in [2.05, 4.69) is 11.6 Å². The summed E-state index contributed by atoms with van der Waals surface area (Å²) in [6.07, 6.45) is 4.07. The predicted octanol–water partition coefficient (Wildman–Crippen LogP) is 2.63. The molecule has 0 bridgehead atoms. The summed E-state index contributed by atoms with van der Waals surface area (Å²) >= 11 is 5.86. The van der Waals surface area contributed by atoms with E-state index in [-0.39, 0.29) is 5.56 Å². The zero-order chi connectivity index (χ0) is 11.5. The van der Waals surface area contributed by atoms with Gasteiger partial charge in [0.15, 0.2) is 0 Å². The Morgan fingerprint density at radius 3 is 3.06 bits per heavy atom. The number of rotatable bonds is 3. The highest BCUT2D eigenvalue weighted by molar-refractivity contribution is 6.31.